The van der Waals surface area contributed by atoms with Gasteiger partial charge in [0, 0.05) is 0 Å². The molecule has 0 spiro atoms. The average Bonchev–Trinajstić information content (AvgIpc) is 2.38. The molecule has 0 fully saturated rings. The standard InChI is InChI=1S/C10H22.2C10H20.3CH4/c3*1-9(2,3)7-8-10(4,5)6;;;/h7-8H2,1-6H3;2*7-8H,1-6H3;3*1H4/b;8-7+;8-7-;;;. The van der Waals surface area contributed by atoms with E-state index in [-0.39, 0.29) is 22.3 Å². The Bertz CT molecular complexity index is 391. The van der Waals surface area contributed by atoms with Gasteiger partial charge in [-0.15, -0.1) is 0 Å². The summed E-state index contributed by atoms with van der Waals surface area (Å²) in [6, 6.07) is 0. The fourth-order valence-corrected chi connectivity index (χ4v) is 1.75. The van der Waals surface area contributed by atoms with E-state index in [1.165, 1.54) is 12.8 Å². The lowest BCUT2D eigenvalue weighted by atomic mass is 9.81. The molecule has 0 aliphatic carbocycles. The van der Waals surface area contributed by atoms with Crippen molar-refractivity contribution >= 4 is 0 Å². The monoisotopic (exact) mass is 471 g/mol. The summed E-state index contributed by atoms with van der Waals surface area (Å²) in [5, 5.41) is 0. The summed E-state index contributed by atoms with van der Waals surface area (Å²) in [7, 11) is 0. The molecule has 0 N–H and O–H groups in total. The average molecular weight is 471 g/mol. The third-order valence-electron chi connectivity index (χ3n) is 3.79. The van der Waals surface area contributed by atoms with Crippen LogP contribution < -0.4 is 0 Å². The first kappa shape index (κ1) is 45.9. The highest BCUT2D eigenvalue weighted by Gasteiger charge is 2.16. The first-order chi connectivity index (χ1) is 12.6. The second kappa shape index (κ2) is 17.0. The molecule has 0 aliphatic heterocycles. The minimum absolute atomic E-state index is 0. The van der Waals surface area contributed by atoms with Crippen LogP contribution in [0.4, 0.5) is 0 Å². The van der Waals surface area contributed by atoms with Crippen LogP contribution in [-0.2, 0) is 0 Å². The quantitative estimate of drug-likeness (QED) is 0.334. The van der Waals surface area contributed by atoms with Crippen LogP contribution in [-0.4, -0.2) is 0 Å². The summed E-state index contributed by atoms with van der Waals surface area (Å²) in [4.78, 5) is 0. The molecule has 0 unspecified atom stereocenters. The second-order valence-electron chi connectivity index (χ2n) is 15.8. The second-order valence-corrected chi connectivity index (χ2v) is 15.8. The van der Waals surface area contributed by atoms with E-state index in [0.717, 1.165) is 0 Å². The first-order valence-electron chi connectivity index (χ1n) is 12.0. The van der Waals surface area contributed by atoms with E-state index in [0.29, 0.717) is 32.5 Å². The van der Waals surface area contributed by atoms with Gasteiger partial charge >= 0.3 is 0 Å². The van der Waals surface area contributed by atoms with Gasteiger partial charge in [0.1, 0.15) is 0 Å². The molecule has 0 heteroatoms. The Kier molecular flexibility index (Phi) is 23.6. The normalized spacial score (nSPS) is 13.0. The van der Waals surface area contributed by atoms with Crippen molar-refractivity contribution in [1.82, 2.24) is 0 Å². The Morgan fingerprint density at radius 2 is 0.424 bits per heavy atom. The van der Waals surface area contributed by atoms with Gasteiger partial charge in [-0.2, -0.15) is 0 Å². The van der Waals surface area contributed by atoms with Gasteiger partial charge in [0.05, 0.1) is 0 Å². The van der Waals surface area contributed by atoms with Crippen LogP contribution in [0.3, 0.4) is 0 Å². The number of rotatable bonds is 1. The van der Waals surface area contributed by atoms with Crippen molar-refractivity contribution in [2.45, 2.75) is 160 Å². The SMILES string of the molecule is C.C.C.CC(C)(C)/C=C/C(C)(C)C.CC(C)(C)/C=C\C(C)(C)C.CC(C)(C)CCC(C)(C)C. The molecule has 0 aromatic rings. The van der Waals surface area contributed by atoms with Crippen molar-refractivity contribution in [2.75, 3.05) is 0 Å². The maximum Gasteiger partial charge on any atom is -0.0203 e. The Hall–Kier alpha value is -0.520. The van der Waals surface area contributed by atoms with Crippen molar-refractivity contribution in [3.8, 4) is 0 Å². The zero-order chi connectivity index (χ0) is 25.2. The summed E-state index contributed by atoms with van der Waals surface area (Å²) < 4.78 is 0. The minimum atomic E-state index is 0. The Balaban J connectivity index is -0.0000000792. The highest BCUT2D eigenvalue weighted by Crippen LogP contribution is 2.29. The zero-order valence-corrected chi connectivity index (χ0v) is 24.7. The lowest BCUT2D eigenvalue weighted by molar-refractivity contribution is 0.275. The Morgan fingerprint density at radius 3 is 0.485 bits per heavy atom. The summed E-state index contributed by atoms with van der Waals surface area (Å²) in [5.41, 5.74) is 2.32. The van der Waals surface area contributed by atoms with Gasteiger partial charge in [0.25, 0.3) is 0 Å². The van der Waals surface area contributed by atoms with Crippen LogP contribution in [0, 0.1) is 32.5 Å². The van der Waals surface area contributed by atoms with Gasteiger partial charge < -0.3 is 0 Å². The molecule has 0 aromatic carbocycles. The summed E-state index contributed by atoms with van der Waals surface area (Å²) in [5.74, 6) is 0. The maximum absolute atomic E-state index is 2.30. The van der Waals surface area contributed by atoms with Crippen LogP contribution in [0.5, 0.6) is 0 Å². The highest BCUT2D eigenvalue weighted by molar-refractivity contribution is 4.99. The molecule has 0 radical (unpaired) electrons. The van der Waals surface area contributed by atoms with E-state index in [4.69, 9.17) is 0 Å². The van der Waals surface area contributed by atoms with E-state index < -0.39 is 0 Å². The van der Waals surface area contributed by atoms with Gasteiger partial charge in [-0.1, -0.05) is 171 Å². The van der Waals surface area contributed by atoms with Crippen molar-refractivity contribution in [1.29, 1.82) is 0 Å². The molecule has 0 heterocycles. The molecule has 0 rings (SSSR count). The van der Waals surface area contributed by atoms with Crippen molar-refractivity contribution < 1.29 is 0 Å². The molecule has 0 aliphatic rings. The molecule has 0 atom stereocenters. The van der Waals surface area contributed by atoms with E-state index in [1.807, 2.05) is 0 Å². The fourth-order valence-electron chi connectivity index (χ4n) is 1.75. The Labute approximate surface area is 216 Å². The van der Waals surface area contributed by atoms with Crippen LogP contribution in [0.15, 0.2) is 24.3 Å². The lowest BCUT2D eigenvalue weighted by Crippen LogP contribution is -2.12. The predicted octanol–water partition coefficient (Wildman–Crippen LogP) is 13.0. The fraction of sp³-hybridized carbons (Fsp3) is 0.879. The number of allylic oxidation sites excluding steroid dienone is 4. The zero-order valence-electron chi connectivity index (χ0n) is 24.7. The van der Waals surface area contributed by atoms with E-state index >= 15 is 0 Å². The van der Waals surface area contributed by atoms with Gasteiger partial charge in [-0.3, -0.25) is 0 Å². The molecule has 0 saturated carbocycles. The maximum atomic E-state index is 2.30. The minimum Gasteiger partial charge on any atom is -0.0826 e. The van der Waals surface area contributed by atoms with Crippen molar-refractivity contribution in [3.05, 3.63) is 24.3 Å². The number of hydrogen-bond donors (Lipinski definition) is 0. The van der Waals surface area contributed by atoms with Crippen molar-refractivity contribution in [2.24, 2.45) is 32.5 Å². The predicted molar refractivity (Wildman–Crippen MR) is 164 cm³/mol. The number of hydrogen-bond acceptors (Lipinski definition) is 0. The highest BCUT2D eigenvalue weighted by atomic mass is 14.2. The first-order valence-corrected chi connectivity index (χ1v) is 12.0. The van der Waals surface area contributed by atoms with Crippen LogP contribution in [0.2, 0.25) is 0 Å². The summed E-state index contributed by atoms with van der Waals surface area (Å²) in [6.07, 6.45) is 11.7. The lowest BCUT2D eigenvalue weighted by Gasteiger charge is -2.24. The van der Waals surface area contributed by atoms with Gasteiger partial charge in [0.2, 0.25) is 0 Å². The third kappa shape index (κ3) is 65.2. The molecule has 0 aromatic heterocycles. The third-order valence-corrected chi connectivity index (χ3v) is 3.79. The van der Waals surface area contributed by atoms with Gasteiger partial charge in [-0.25, -0.2) is 0 Å². The van der Waals surface area contributed by atoms with E-state index in [9.17, 15) is 0 Å². The molecule has 33 heavy (non-hydrogen) atoms. The summed E-state index contributed by atoms with van der Waals surface area (Å²) in [6.45, 7) is 40.4. The molecule has 0 bridgehead atoms. The largest absolute Gasteiger partial charge is 0.0826 e. The van der Waals surface area contributed by atoms with Crippen LogP contribution in [0.1, 0.15) is 160 Å². The van der Waals surface area contributed by atoms with Gasteiger partial charge in [0.15, 0.2) is 0 Å². The molecule has 0 nitrogen and oxygen atoms in total. The molecule has 206 valence electrons. The van der Waals surface area contributed by atoms with Gasteiger partial charge in [-0.05, 0) is 45.3 Å². The smallest absolute Gasteiger partial charge is 0.0203 e. The molecule has 0 saturated heterocycles. The molecular formula is C33H74. The topological polar surface area (TPSA) is 0 Å². The van der Waals surface area contributed by atoms with E-state index in [1.54, 1.807) is 0 Å². The molecular weight excluding hydrogens is 396 g/mol. The van der Waals surface area contributed by atoms with Crippen LogP contribution >= 0.6 is 0 Å². The molecule has 0 amide bonds. The van der Waals surface area contributed by atoms with Crippen molar-refractivity contribution in [3.63, 3.8) is 0 Å². The Morgan fingerprint density at radius 1 is 0.303 bits per heavy atom. The van der Waals surface area contributed by atoms with Crippen LogP contribution in [0.25, 0.3) is 0 Å². The van der Waals surface area contributed by atoms with E-state index in [2.05, 4.69) is 149 Å². The summed E-state index contributed by atoms with van der Waals surface area (Å²) >= 11 is 0.